The van der Waals surface area contributed by atoms with Gasteiger partial charge in [0.2, 0.25) is 5.91 Å². The molecule has 2 aromatic rings. The van der Waals surface area contributed by atoms with Gasteiger partial charge in [-0.15, -0.1) is 10.2 Å². The Hall–Kier alpha value is -1.82. The van der Waals surface area contributed by atoms with Crippen molar-refractivity contribution in [3.8, 4) is 5.69 Å². The van der Waals surface area contributed by atoms with E-state index in [1.54, 1.807) is 0 Å². The second-order valence-corrected chi connectivity index (χ2v) is 7.54. The quantitative estimate of drug-likeness (QED) is 0.824. The lowest BCUT2D eigenvalue weighted by Crippen LogP contribution is -2.36. The van der Waals surface area contributed by atoms with Crippen LogP contribution >= 0.6 is 11.8 Å². The summed E-state index contributed by atoms with van der Waals surface area (Å²) in [5.74, 6) is 1.30. The zero-order valence-corrected chi connectivity index (χ0v) is 15.6. The SMILES string of the molecule is Cc1nnc(SCC(=O)NC2CCCCCCC2)n1-c1ccccc1. The second-order valence-electron chi connectivity index (χ2n) is 6.60. The van der Waals surface area contributed by atoms with E-state index in [9.17, 15) is 4.79 Å². The van der Waals surface area contributed by atoms with Crippen LogP contribution in [0.15, 0.2) is 35.5 Å². The lowest BCUT2D eigenvalue weighted by atomic mass is 9.97. The summed E-state index contributed by atoms with van der Waals surface area (Å²) in [6, 6.07) is 10.3. The first-order valence-corrected chi connectivity index (χ1v) is 10.1. The summed E-state index contributed by atoms with van der Waals surface area (Å²) in [6.07, 6.45) is 8.58. The molecule has 0 saturated heterocycles. The summed E-state index contributed by atoms with van der Waals surface area (Å²) in [4.78, 5) is 12.3. The Morgan fingerprint density at radius 3 is 2.52 bits per heavy atom. The van der Waals surface area contributed by atoms with Crippen LogP contribution < -0.4 is 5.32 Å². The summed E-state index contributed by atoms with van der Waals surface area (Å²) in [7, 11) is 0. The Morgan fingerprint density at radius 1 is 1.12 bits per heavy atom. The van der Waals surface area contributed by atoms with E-state index < -0.39 is 0 Å². The van der Waals surface area contributed by atoms with Crippen molar-refractivity contribution in [2.75, 3.05) is 5.75 Å². The van der Waals surface area contributed by atoms with Crippen LogP contribution in [-0.2, 0) is 4.79 Å². The van der Waals surface area contributed by atoms with Gasteiger partial charge in [0.1, 0.15) is 5.82 Å². The number of aromatic nitrogens is 3. The molecule has 1 N–H and O–H groups in total. The van der Waals surface area contributed by atoms with Crippen molar-refractivity contribution in [2.45, 2.75) is 63.1 Å². The molecule has 1 saturated carbocycles. The third-order valence-corrected chi connectivity index (χ3v) is 5.54. The largest absolute Gasteiger partial charge is 0.353 e. The molecule has 25 heavy (non-hydrogen) atoms. The van der Waals surface area contributed by atoms with Gasteiger partial charge in [0, 0.05) is 11.7 Å². The van der Waals surface area contributed by atoms with E-state index in [2.05, 4.69) is 15.5 Å². The van der Waals surface area contributed by atoms with Gasteiger partial charge in [-0.2, -0.15) is 0 Å². The molecule has 134 valence electrons. The molecule has 1 aromatic carbocycles. The first-order chi connectivity index (χ1) is 12.2. The van der Waals surface area contributed by atoms with Gasteiger partial charge in [0.25, 0.3) is 0 Å². The van der Waals surface area contributed by atoms with E-state index in [1.165, 1.54) is 43.9 Å². The minimum absolute atomic E-state index is 0.0934. The molecule has 6 heteroatoms. The van der Waals surface area contributed by atoms with Gasteiger partial charge in [-0.1, -0.05) is 62.1 Å². The molecule has 1 fully saturated rings. The first-order valence-electron chi connectivity index (χ1n) is 9.13. The number of nitrogens with zero attached hydrogens (tertiary/aromatic N) is 3. The molecule has 1 amide bonds. The number of carbonyl (C=O) groups is 1. The number of hydrogen-bond donors (Lipinski definition) is 1. The number of benzene rings is 1. The van der Waals surface area contributed by atoms with Gasteiger partial charge in [-0.25, -0.2) is 0 Å². The molecule has 1 heterocycles. The van der Waals surface area contributed by atoms with Crippen LogP contribution in [0.4, 0.5) is 0 Å². The van der Waals surface area contributed by atoms with Crippen molar-refractivity contribution in [1.82, 2.24) is 20.1 Å². The highest BCUT2D eigenvalue weighted by molar-refractivity contribution is 7.99. The van der Waals surface area contributed by atoms with Gasteiger partial charge in [-0.3, -0.25) is 9.36 Å². The molecule has 0 unspecified atom stereocenters. The Kier molecular flexibility index (Phi) is 6.50. The number of rotatable bonds is 5. The van der Waals surface area contributed by atoms with Crippen LogP contribution in [0, 0.1) is 6.92 Å². The van der Waals surface area contributed by atoms with Crippen molar-refractivity contribution >= 4 is 17.7 Å². The molecule has 1 aromatic heterocycles. The summed E-state index contributed by atoms with van der Waals surface area (Å²) in [5.41, 5.74) is 1.02. The van der Waals surface area contributed by atoms with E-state index in [1.807, 2.05) is 41.8 Å². The van der Waals surface area contributed by atoms with Gasteiger partial charge in [-0.05, 0) is 31.9 Å². The number of carbonyl (C=O) groups excluding carboxylic acids is 1. The maximum absolute atomic E-state index is 12.3. The fraction of sp³-hybridized carbons (Fsp3) is 0.526. The number of hydrogen-bond acceptors (Lipinski definition) is 4. The molecule has 1 aliphatic rings. The van der Waals surface area contributed by atoms with E-state index in [0.29, 0.717) is 11.8 Å². The summed E-state index contributed by atoms with van der Waals surface area (Å²) in [5, 5.41) is 12.4. The fourth-order valence-corrected chi connectivity index (χ4v) is 4.12. The molecule has 0 atom stereocenters. The summed E-state index contributed by atoms with van der Waals surface area (Å²) < 4.78 is 1.99. The Morgan fingerprint density at radius 2 is 1.80 bits per heavy atom. The first kappa shape index (κ1) is 18.0. The van der Waals surface area contributed by atoms with Gasteiger partial charge >= 0.3 is 0 Å². The zero-order valence-electron chi connectivity index (χ0n) is 14.8. The van der Waals surface area contributed by atoms with E-state index >= 15 is 0 Å². The average Bonchev–Trinajstić information content (AvgIpc) is 2.97. The smallest absolute Gasteiger partial charge is 0.230 e. The molecular formula is C19H26N4OS. The van der Waals surface area contributed by atoms with Crippen molar-refractivity contribution < 1.29 is 4.79 Å². The predicted octanol–water partition coefficient (Wildman–Crippen LogP) is 3.90. The lowest BCUT2D eigenvalue weighted by Gasteiger charge is -2.20. The minimum atomic E-state index is 0.0934. The minimum Gasteiger partial charge on any atom is -0.353 e. The maximum atomic E-state index is 12.3. The number of para-hydroxylation sites is 1. The average molecular weight is 359 g/mol. The van der Waals surface area contributed by atoms with Crippen molar-refractivity contribution in [2.24, 2.45) is 0 Å². The van der Waals surface area contributed by atoms with E-state index in [0.717, 1.165) is 29.5 Å². The monoisotopic (exact) mass is 358 g/mol. The van der Waals surface area contributed by atoms with E-state index in [-0.39, 0.29) is 5.91 Å². The molecule has 0 spiro atoms. The number of thioether (sulfide) groups is 1. The highest BCUT2D eigenvalue weighted by Crippen LogP contribution is 2.22. The van der Waals surface area contributed by atoms with Crippen LogP contribution in [0.1, 0.15) is 50.8 Å². The predicted molar refractivity (Wildman–Crippen MR) is 101 cm³/mol. The fourth-order valence-electron chi connectivity index (χ4n) is 3.31. The lowest BCUT2D eigenvalue weighted by molar-refractivity contribution is -0.119. The number of aryl methyl sites for hydroxylation is 1. The molecule has 1 aliphatic carbocycles. The van der Waals surface area contributed by atoms with E-state index in [4.69, 9.17) is 0 Å². The van der Waals surface area contributed by atoms with Crippen LogP contribution in [-0.4, -0.2) is 32.5 Å². The third kappa shape index (κ3) is 5.08. The van der Waals surface area contributed by atoms with Gasteiger partial charge in [0.15, 0.2) is 5.16 Å². The van der Waals surface area contributed by atoms with Crippen LogP contribution in [0.2, 0.25) is 0 Å². The summed E-state index contributed by atoms with van der Waals surface area (Å²) in [6.45, 7) is 1.93. The van der Waals surface area contributed by atoms with Crippen LogP contribution in [0.25, 0.3) is 5.69 Å². The highest BCUT2D eigenvalue weighted by Gasteiger charge is 2.16. The van der Waals surface area contributed by atoms with Crippen LogP contribution in [0.5, 0.6) is 0 Å². The Balaban J connectivity index is 1.57. The maximum Gasteiger partial charge on any atom is 0.230 e. The molecule has 0 aliphatic heterocycles. The molecule has 3 rings (SSSR count). The third-order valence-electron chi connectivity index (χ3n) is 4.61. The van der Waals surface area contributed by atoms with Crippen LogP contribution in [0.3, 0.4) is 0 Å². The normalized spacial score (nSPS) is 16.2. The Labute approximate surface area is 153 Å². The topological polar surface area (TPSA) is 59.8 Å². The van der Waals surface area contributed by atoms with Crippen molar-refractivity contribution in [1.29, 1.82) is 0 Å². The molecular weight excluding hydrogens is 332 g/mol. The molecule has 0 bridgehead atoms. The van der Waals surface area contributed by atoms with Gasteiger partial charge in [0.05, 0.1) is 5.75 Å². The standard InChI is InChI=1S/C19H26N4OS/c1-15-21-22-19(23(15)17-12-8-5-9-13-17)25-14-18(24)20-16-10-6-3-2-4-7-11-16/h5,8-9,12-13,16H,2-4,6-7,10-11,14H2,1H3,(H,20,24). The number of amides is 1. The Bertz CT molecular complexity index is 678. The molecule has 0 radical (unpaired) electrons. The number of nitrogens with one attached hydrogen (secondary N) is 1. The zero-order chi connectivity index (χ0) is 17.5. The van der Waals surface area contributed by atoms with Crippen molar-refractivity contribution in [3.05, 3.63) is 36.2 Å². The second kappa shape index (κ2) is 9.04. The molecule has 5 nitrogen and oxygen atoms in total. The summed E-state index contributed by atoms with van der Waals surface area (Å²) >= 11 is 1.45. The highest BCUT2D eigenvalue weighted by atomic mass is 32.2. The van der Waals surface area contributed by atoms with Gasteiger partial charge < -0.3 is 5.32 Å². The van der Waals surface area contributed by atoms with Crippen molar-refractivity contribution in [3.63, 3.8) is 0 Å².